The lowest BCUT2D eigenvalue weighted by Crippen LogP contribution is -2.34. The van der Waals surface area contributed by atoms with Gasteiger partial charge < -0.3 is 15.2 Å². The van der Waals surface area contributed by atoms with Crippen LogP contribution in [-0.4, -0.2) is 28.0 Å². The van der Waals surface area contributed by atoms with Crippen LogP contribution in [0.5, 0.6) is 0 Å². The Morgan fingerprint density at radius 3 is 3.06 bits per heavy atom. The average Bonchev–Trinajstić information content (AvgIpc) is 2.77. The van der Waals surface area contributed by atoms with E-state index in [2.05, 4.69) is 15.6 Å². The van der Waals surface area contributed by atoms with Crippen LogP contribution in [0.25, 0.3) is 0 Å². The van der Waals surface area contributed by atoms with Crippen LogP contribution in [0.4, 0.5) is 5.82 Å². The Labute approximate surface area is 105 Å². The summed E-state index contributed by atoms with van der Waals surface area (Å²) >= 11 is 0. The van der Waals surface area contributed by atoms with E-state index in [9.17, 15) is 9.59 Å². The molecule has 1 fully saturated rings. The Bertz CT molecular complexity index is 483. The van der Waals surface area contributed by atoms with E-state index in [0.29, 0.717) is 25.3 Å². The maximum atomic E-state index is 12.0. The third-order valence-corrected chi connectivity index (χ3v) is 2.98. The number of rotatable bonds is 5. The Balaban J connectivity index is 1.99. The molecule has 2 N–H and O–H groups in total. The van der Waals surface area contributed by atoms with E-state index in [1.807, 2.05) is 6.92 Å². The molecular weight excluding hydrogens is 232 g/mol. The first kappa shape index (κ1) is 12.6. The van der Waals surface area contributed by atoms with Gasteiger partial charge in [-0.2, -0.15) is 0 Å². The molecule has 1 aromatic rings. The molecule has 2 heterocycles. The molecule has 6 heteroatoms. The molecule has 1 aliphatic rings. The molecule has 0 radical (unpaired) electrons. The molecule has 0 saturated carbocycles. The van der Waals surface area contributed by atoms with Crippen LogP contribution in [0.1, 0.15) is 26.2 Å². The van der Waals surface area contributed by atoms with Gasteiger partial charge in [-0.15, -0.1) is 0 Å². The van der Waals surface area contributed by atoms with Gasteiger partial charge in [-0.3, -0.25) is 9.59 Å². The highest BCUT2D eigenvalue weighted by Crippen LogP contribution is 2.06. The van der Waals surface area contributed by atoms with Crippen molar-refractivity contribution in [1.29, 1.82) is 0 Å². The Hall–Kier alpha value is -1.85. The van der Waals surface area contributed by atoms with E-state index >= 15 is 0 Å². The normalized spacial score (nSPS) is 18.7. The molecule has 0 aliphatic carbocycles. The number of hydrogen-bond acceptors (Lipinski definition) is 4. The van der Waals surface area contributed by atoms with E-state index in [1.54, 1.807) is 17.0 Å². The van der Waals surface area contributed by atoms with Crippen LogP contribution in [0.2, 0.25) is 0 Å². The highest BCUT2D eigenvalue weighted by atomic mass is 16.2. The van der Waals surface area contributed by atoms with Gasteiger partial charge in [0.2, 0.25) is 5.91 Å². The fraction of sp³-hybridized carbons (Fsp3) is 0.583. The van der Waals surface area contributed by atoms with Crippen molar-refractivity contribution in [2.75, 3.05) is 11.9 Å². The summed E-state index contributed by atoms with van der Waals surface area (Å²) in [6.07, 6.45) is 5.58. The van der Waals surface area contributed by atoms with E-state index in [4.69, 9.17) is 0 Å². The number of aromatic nitrogens is 2. The molecule has 1 aliphatic heterocycles. The van der Waals surface area contributed by atoms with Crippen molar-refractivity contribution >= 4 is 11.7 Å². The first-order valence-corrected chi connectivity index (χ1v) is 6.29. The monoisotopic (exact) mass is 250 g/mol. The maximum absolute atomic E-state index is 12.0. The quantitative estimate of drug-likeness (QED) is 0.790. The number of aryl methyl sites for hydroxylation is 1. The lowest BCUT2D eigenvalue weighted by molar-refractivity contribution is -0.119. The highest BCUT2D eigenvalue weighted by Gasteiger charge is 2.20. The fourth-order valence-electron chi connectivity index (χ4n) is 2.04. The molecule has 2 rings (SSSR count). The minimum atomic E-state index is -0.108. The third kappa shape index (κ3) is 2.88. The van der Waals surface area contributed by atoms with Gasteiger partial charge >= 0.3 is 0 Å². The maximum Gasteiger partial charge on any atom is 0.293 e. The van der Waals surface area contributed by atoms with Gasteiger partial charge in [-0.25, -0.2) is 4.98 Å². The second kappa shape index (κ2) is 5.66. The van der Waals surface area contributed by atoms with Gasteiger partial charge in [0.25, 0.3) is 5.56 Å². The number of amides is 1. The predicted molar refractivity (Wildman–Crippen MR) is 68.4 cm³/mol. The third-order valence-electron chi connectivity index (χ3n) is 2.98. The van der Waals surface area contributed by atoms with E-state index in [1.165, 1.54) is 0 Å². The number of carbonyl (C=O) groups is 1. The zero-order valence-corrected chi connectivity index (χ0v) is 10.5. The van der Waals surface area contributed by atoms with Crippen molar-refractivity contribution in [3.05, 3.63) is 22.7 Å². The number of carbonyl (C=O) groups excluding carboxylic acids is 1. The molecule has 98 valence electrons. The van der Waals surface area contributed by atoms with Crippen molar-refractivity contribution in [2.45, 2.75) is 38.8 Å². The molecule has 1 unspecified atom stereocenters. The summed E-state index contributed by atoms with van der Waals surface area (Å²) in [7, 11) is 0. The van der Waals surface area contributed by atoms with E-state index in [-0.39, 0.29) is 17.5 Å². The Morgan fingerprint density at radius 1 is 1.56 bits per heavy atom. The minimum absolute atomic E-state index is 0.0752. The van der Waals surface area contributed by atoms with Crippen molar-refractivity contribution in [3.8, 4) is 0 Å². The molecule has 6 nitrogen and oxygen atoms in total. The molecule has 0 aromatic carbocycles. The van der Waals surface area contributed by atoms with Crippen molar-refractivity contribution in [3.63, 3.8) is 0 Å². The number of anilines is 1. The number of hydrogen-bond donors (Lipinski definition) is 2. The minimum Gasteiger partial charge on any atom is -0.363 e. The Kier molecular flexibility index (Phi) is 3.96. The van der Waals surface area contributed by atoms with Crippen molar-refractivity contribution in [2.24, 2.45) is 0 Å². The number of nitrogens with zero attached hydrogens (tertiary/aromatic N) is 2. The van der Waals surface area contributed by atoms with E-state index in [0.717, 1.165) is 12.8 Å². The van der Waals surface area contributed by atoms with Crippen LogP contribution in [0.3, 0.4) is 0 Å². The summed E-state index contributed by atoms with van der Waals surface area (Å²) in [6.45, 7) is 3.26. The lowest BCUT2D eigenvalue weighted by Gasteiger charge is -2.12. The van der Waals surface area contributed by atoms with Crippen LogP contribution < -0.4 is 16.2 Å². The molecule has 1 aromatic heterocycles. The smallest absolute Gasteiger partial charge is 0.293 e. The van der Waals surface area contributed by atoms with E-state index < -0.39 is 0 Å². The second-order valence-corrected chi connectivity index (χ2v) is 4.46. The summed E-state index contributed by atoms with van der Waals surface area (Å²) in [5.41, 5.74) is -0.108. The van der Waals surface area contributed by atoms with Crippen molar-refractivity contribution in [1.82, 2.24) is 14.9 Å². The predicted octanol–water partition coefficient (Wildman–Crippen LogP) is 0.344. The average molecular weight is 250 g/mol. The largest absolute Gasteiger partial charge is 0.363 e. The number of nitrogens with one attached hydrogen (secondary N) is 2. The van der Waals surface area contributed by atoms with Gasteiger partial charge in [-0.05, 0) is 12.8 Å². The van der Waals surface area contributed by atoms with Crippen LogP contribution in [0.15, 0.2) is 17.2 Å². The van der Waals surface area contributed by atoms with Crippen LogP contribution in [-0.2, 0) is 11.3 Å². The zero-order chi connectivity index (χ0) is 13.0. The van der Waals surface area contributed by atoms with Gasteiger partial charge in [-0.1, -0.05) is 6.92 Å². The first-order valence-electron chi connectivity index (χ1n) is 6.29. The summed E-state index contributed by atoms with van der Waals surface area (Å²) in [6, 6.07) is 0.0959. The lowest BCUT2D eigenvalue weighted by atomic mass is 10.2. The molecule has 0 bridgehead atoms. The first-order chi connectivity index (χ1) is 8.70. The molecule has 1 saturated heterocycles. The fourth-order valence-corrected chi connectivity index (χ4v) is 2.04. The zero-order valence-electron chi connectivity index (χ0n) is 10.5. The van der Waals surface area contributed by atoms with Crippen LogP contribution >= 0.6 is 0 Å². The van der Waals surface area contributed by atoms with Gasteiger partial charge in [0.1, 0.15) is 0 Å². The van der Waals surface area contributed by atoms with Crippen LogP contribution in [0, 0.1) is 0 Å². The molecule has 0 spiro atoms. The SMILES string of the molecule is CCCn1ccnc(NCC2CCC(=O)N2)c1=O. The van der Waals surface area contributed by atoms with Gasteiger partial charge in [0.15, 0.2) is 5.82 Å². The molecule has 1 atom stereocenters. The summed E-state index contributed by atoms with van der Waals surface area (Å²) in [4.78, 5) is 27.1. The van der Waals surface area contributed by atoms with Gasteiger partial charge in [0, 0.05) is 37.9 Å². The molecule has 18 heavy (non-hydrogen) atoms. The second-order valence-electron chi connectivity index (χ2n) is 4.46. The molecule has 1 amide bonds. The van der Waals surface area contributed by atoms with Crippen molar-refractivity contribution < 1.29 is 4.79 Å². The van der Waals surface area contributed by atoms with Gasteiger partial charge in [0.05, 0.1) is 0 Å². The topological polar surface area (TPSA) is 76.0 Å². The standard InChI is InChI=1S/C12H18N4O2/c1-2-6-16-7-5-13-11(12(16)18)14-8-9-3-4-10(17)15-9/h5,7,9H,2-4,6,8H2,1H3,(H,13,14)(H,15,17). The Morgan fingerprint density at radius 2 is 2.39 bits per heavy atom. The summed E-state index contributed by atoms with van der Waals surface area (Å²) in [5.74, 6) is 0.429. The summed E-state index contributed by atoms with van der Waals surface area (Å²) in [5, 5.41) is 5.86. The highest BCUT2D eigenvalue weighted by molar-refractivity contribution is 5.78. The summed E-state index contributed by atoms with van der Waals surface area (Å²) < 4.78 is 1.64. The molecular formula is C12H18N4O2.